The van der Waals surface area contributed by atoms with Gasteiger partial charge < -0.3 is 9.47 Å². The number of rotatable bonds is 3. The first-order chi connectivity index (χ1) is 8.65. The van der Waals surface area contributed by atoms with Crippen molar-refractivity contribution in [3.63, 3.8) is 0 Å². The van der Waals surface area contributed by atoms with Gasteiger partial charge in [-0.15, -0.1) is 0 Å². The molecule has 0 spiro atoms. The van der Waals surface area contributed by atoms with E-state index in [1.807, 2.05) is 0 Å². The molecule has 0 bridgehead atoms. The van der Waals surface area contributed by atoms with E-state index in [2.05, 4.69) is 9.84 Å². The van der Waals surface area contributed by atoms with Crippen LogP contribution in [-0.4, -0.2) is 30.0 Å². The Morgan fingerprint density at radius 3 is 2.50 bits per heavy atom. The summed E-state index contributed by atoms with van der Waals surface area (Å²) in [6.07, 6.45) is 0. The van der Waals surface area contributed by atoms with Gasteiger partial charge in [0.25, 0.3) is 0 Å². The van der Waals surface area contributed by atoms with Gasteiger partial charge in [-0.2, -0.15) is 5.10 Å². The first-order valence-corrected chi connectivity index (χ1v) is 5.52. The molecule has 0 fully saturated rings. The van der Waals surface area contributed by atoms with Gasteiger partial charge >= 0.3 is 5.97 Å². The van der Waals surface area contributed by atoms with Gasteiger partial charge in [-0.25, -0.2) is 9.48 Å². The standard InChI is InChI=1S/C12H11ClN2O3/c1-17-9-5-3-8(4-6-9)15-11(13)7-10(14-15)12(16)18-2/h3-7H,1-2H3. The van der Waals surface area contributed by atoms with E-state index in [9.17, 15) is 4.79 Å². The van der Waals surface area contributed by atoms with E-state index in [4.69, 9.17) is 16.3 Å². The predicted molar refractivity (Wildman–Crippen MR) is 66.5 cm³/mol. The minimum atomic E-state index is -0.524. The summed E-state index contributed by atoms with van der Waals surface area (Å²) < 4.78 is 11.1. The molecular formula is C12H11ClN2O3. The zero-order valence-corrected chi connectivity index (χ0v) is 10.6. The van der Waals surface area contributed by atoms with Gasteiger partial charge in [-0.3, -0.25) is 0 Å². The summed E-state index contributed by atoms with van der Waals surface area (Å²) in [4.78, 5) is 11.3. The van der Waals surface area contributed by atoms with Crippen LogP contribution in [0.2, 0.25) is 5.15 Å². The number of halogens is 1. The van der Waals surface area contributed by atoms with Gasteiger partial charge in [0.1, 0.15) is 10.9 Å². The molecule has 94 valence electrons. The van der Waals surface area contributed by atoms with Crippen molar-refractivity contribution in [2.24, 2.45) is 0 Å². The third-order valence-corrected chi connectivity index (χ3v) is 2.65. The number of benzene rings is 1. The highest BCUT2D eigenvalue weighted by molar-refractivity contribution is 6.30. The van der Waals surface area contributed by atoms with Crippen LogP contribution in [0, 0.1) is 0 Å². The summed E-state index contributed by atoms with van der Waals surface area (Å²) >= 11 is 6.02. The molecule has 0 aliphatic rings. The van der Waals surface area contributed by atoms with Crippen molar-refractivity contribution in [2.75, 3.05) is 14.2 Å². The van der Waals surface area contributed by atoms with Gasteiger partial charge in [0.15, 0.2) is 5.69 Å². The molecule has 0 saturated heterocycles. The molecule has 0 atom stereocenters. The maximum atomic E-state index is 11.3. The van der Waals surface area contributed by atoms with Crippen LogP contribution in [-0.2, 0) is 4.74 Å². The average Bonchev–Trinajstić information content (AvgIpc) is 2.80. The lowest BCUT2D eigenvalue weighted by molar-refractivity contribution is 0.0593. The molecule has 2 rings (SSSR count). The average molecular weight is 267 g/mol. The Morgan fingerprint density at radius 2 is 1.94 bits per heavy atom. The molecule has 0 N–H and O–H groups in total. The number of carbonyl (C=O) groups is 1. The summed E-state index contributed by atoms with van der Waals surface area (Å²) in [5.41, 5.74) is 0.897. The van der Waals surface area contributed by atoms with E-state index in [-0.39, 0.29) is 5.69 Å². The van der Waals surface area contributed by atoms with E-state index < -0.39 is 5.97 Å². The second-order valence-electron chi connectivity index (χ2n) is 3.45. The van der Waals surface area contributed by atoms with Gasteiger partial charge in [0.2, 0.25) is 0 Å². The van der Waals surface area contributed by atoms with Crippen molar-refractivity contribution < 1.29 is 14.3 Å². The van der Waals surface area contributed by atoms with Crippen LogP contribution in [0.5, 0.6) is 5.75 Å². The minimum absolute atomic E-state index is 0.165. The fourth-order valence-corrected chi connectivity index (χ4v) is 1.71. The maximum absolute atomic E-state index is 11.3. The van der Waals surface area contributed by atoms with Crippen LogP contribution in [0.25, 0.3) is 5.69 Å². The zero-order valence-electron chi connectivity index (χ0n) is 9.88. The number of methoxy groups -OCH3 is 2. The molecule has 18 heavy (non-hydrogen) atoms. The molecule has 0 radical (unpaired) electrons. The first kappa shape index (κ1) is 12.4. The predicted octanol–water partition coefficient (Wildman–Crippen LogP) is 2.32. The zero-order chi connectivity index (χ0) is 13.1. The number of hydrogen-bond acceptors (Lipinski definition) is 4. The highest BCUT2D eigenvalue weighted by Crippen LogP contribution is 2.20. The normalized spacial score (nSPS) is 10.2. The fraction of sp³-hybridized carbons (Fsp3) is 0.167. The van der Waals surface area contributed by atoms with Gasteiger partial charge in [0.05, 0.1) is 19.9 Å². The van der Waals surface area contributed by atoms with E-state index >= 15 is 0 Å². The second kappa shape index (κ2) is 5.10. The van der Waals surface area contributed by atoms with E-state index in [0.29, 0.717) is 5.15 Å². The molecule has 0 saturated carbocycles. The molecule has 0 aliphatic carbocycles. The lowest BCUT2D eigenvalue weighted by Gasteiger charge is -2.04. The number of esters is 1. The summed E-state index contributed by atoms with van der Waals surface area (Å²) in [5.74, 6) is 0.208. The van der Waals surface area contributed by atoms with Gasteiger partial charge in [-0.05, 0) is 24.3 Å². The topological polar surface area (TPSA) is 53.4 Å². The Balaban J connectivity index is 2.37. The lowest BCUT2D eigenvalue weighted by Crippen LogP contribution is -2.04. The Labute approximate surface area is 109 Å². The van der Waals surface area contributed by atoms with Crippen LogP contribution in [0.4, 0.5) is 0 Å². The Hall–Kier alpha value is -2.01. The molecule has 5 nitrogen and oxygen atoms in total. The monoisotopic (exact) mass is 266 g/mol. The maximum Gasteiger partial charge on any atom is 0.358 e. The van der Waals surface area contributed by atoms with Crippen molar-refractivity contribution in [3.05, 3.63) is 41.2 Å². The third kappa shape index (κ3) is 2.31. The number of hydrogen-bond donors (Lipinski definition) is 0. The van der Waals surface area contributed by atoms with Crippen molar-refractivity contribution >= 4 is 17.6 Å². The molecule has 2 aromatic rings. The molecule has 0 unspecified atom stereocenters. The number of nitrogens with zero attached hydrogens (tertiary/aromatic N) is 2. The highest BCUT2D eigenvalue weighted by atomic mass is 35.5. The first-order valence-electron chi connectivity index (χ1n) is 5.14. The highest BCUT2D eigenvalue weighted by Gasteiger charge is 2.14. The Kier molecular flexibility index (Phi) is 3.53. The second-order valence-corrected chi connectivity index (χ2v) is 3.84. The summed E-state index contributed by atoms with van der Waals surface area (Å²) in [5, 5.41) is 4.41. The quantitative estimate of drug-likeness (QED) is 0.800. The third-order valence-electron chi connectivity index (χ3n) is 2.38. The number of aromatic nitrogens is 2. The van der Waals surface area contributed by atoms with Gasteiger partial charge in [0, 0.05) is 6.07 Å². The van der Waals surface area contributed by atoms with Gasteiger partial charge in [-0.1, -0.05) is 11.6 Å². The Morgan fingerprint density at radius 1 is 1.28 bits per heavy atom. The van der Waals surface area contributed by atoms with E-state index in [1.165, 1.54) is 17.9 Å². The van der Waals surface area contributed by atoms with Crippen LogP contribution in [0.1, 0.15) is 10.5 Å². The van der Waals surface area contributed by atoms with Crippen molar-refractivity contribution in [2.45, 2.75) is 0 Å². The van der Waals surface area contributed by atoms with E-state index in [0.717, 1.165) is 11.4 Å². The van der Waals surface area contributed by atoms with Crippen LogP contribution < -0.4 is 4.74 Å². The number of carbonyl (C=O) groups excluding carboxylic acids is 1. The molecule has 0 amide bonds. The summed E-state index contributed by atoms with van der Waals surface area (Å²) in [6, 6.07) is 8.60. The van der Waals surface area contributed by atoms with Crippen molar-refractivity contribution in [1.29, 1.82) is 0 Å². The van der Waals surface area contributed by atoms with Crippen LogP contribution in [0.15, 0.2) is 30.3 Å². The van der Waals surface area contributed by atoms with Crippen molar-refractivity contribution in [3.8, 4) is 11.4 Å². The molecule has 0 aliphatic heterocycles. The molecule has 6 heteroatoms. The van der Waals surface area contributed by atoms with E-state index in [1.54, 1.807) is 31.4 Å². The smallest absolute Gasteiger partial charge is 0.358 e. The SMILES string of the molecule is COC(=O)c1cc(Cl)n(-c2ccc(OC)cc2)n1. The fourth-order valence-electron chi connectivity index (χ4n) is 1.47. The summed E-state index contributed by atoms with van der Waals surface area (Å²) in [7, 11) is 2.88. The Bertz CT molecular complexity index is 563. The minimum Gasteiger partial charge on any atom is -0.497 e. The number of ether oxygens (including phenoxy) is 2. The lowest BCUT2D eigenvalue weighted by atomic mass is 10.3. The van der Waals surface area contributed by atoms with Crippen LogP contribution >= 0.6 is 11.6 Å². The molecular weight excluding hydrogens is 256 g/mol. The van der Waals surface area contributed by atoms with Crippen LogP contribution in [0.3, 0.4) is 0 Å². The summed E-state index contributed by atoms with van der Waals surface area (Å²) in [6.45, 7) is 0. The van der Waals surface area contributed by atoms with Crippen molar-refractivity contribution in [1.82, 2.24) is 9.78 Å². The molecule has 1 heterocycles. The molecule has 1 aromatic carbocycles. The molecule has 1 aromatic heterocycles. The largest absolute Gasteiger partial charge is 0.497 e.